The number of nitrogens with zero attached hydrogens (tertiary/aromatic N) is 1. The zero-order chi connectivity index (χ0) is 18.8. The fourth-order valence-corrected chi connectivity index (χ4v) is 3.79. The molecule has 0 atom stereocenters. The van der Waals surface area contributed by atoms with Gasteiger partial charge in [0.1, 0.15) is 11.5 Å². The lowest BCUT2D eigenvalue weighted by Crippen LogP contribution is -2.12. The van der Waals surface area contributed by atoms with Crippen LogP contribution in [0, 0.1) is 13.8 Å². The van der Waals surface area contributed by atoms with Crippen LogP contribution in [0.15, 0.2) is 32.5 Å². The number of halogens is 1. The third kappa shape index (κ3) is 3.47. The SMILES string of the molecule is COc1ccc(-c2csc(NC(=O)c3c(C)oc(C)c3Br)n2)cc1OC. The van der Waals surface area contributed by atoms with Crippen LogP contribution in [0.25, 0.3) is 11.3 Å². The van der Waals surface area contributed by atoms with Gasteiger partial charge in [-0.05, 0) is 48.0 Å². The van der Waals surface area contributed by atoms with Crippen molar-refractivity contribution in [3.05, 3.63) is 45.1 Å². The number of benzene rings is 1. The Hall–Kier alpha value is -2.32. The van der Waals surface area contributed by atoms with Gasteiger partial charge in [0.15, 0.2) is 16.6 Å². The van der Waals surface area contributed by atoms with E-state index in [1.54, 1.807) is 28.1 Å². The Balaban J connectivity index is 1.83. The number of hydrogen-bond donors (Lipinski definition) is 1. The molecule has 0 saturated carbocycles. The van der Waals surface area contributed by atoms with Crippen molar-refractivity contribution in [1.82, 2.24) is 4.98 Å². The summed E-state index contributed by atoms with van der Waals surface area (Å²) in [5.74, 6) is 2.23. The molecule has 1 amide bonds. The van der Waals surface area contributed by atoms with E-state index < -0.39 is 0 Å². The minimum Gasteiger partial charge on any atom is -0.493 e. The van der Waals surface area contributed by atoms with Gasteiger partial charge in [0.25, 0.3) is 5.91 Å². The Kier molecular flexibility index (Phi) is 5.33. The number of aryl methyl sites for hydroxylation is 2. The number of methoxy groups -OCH3 is 2. The minimum atomic E-state index is -0.264. The Morgan fingerprint density at radius 3 is 2.54 bits per heavy atom. The summed E-state index contributed by atoms with van der Waals surface area (Å²) in [5, 5.41) is 5.20. The van der Waals surface area contributed by atoms with E-state index in [9.17, 15) is 4.79 Å². The van der Waals surface area contributed by atoms with E-state index in [4.69, 9.17) is 13.9 Å². The van der Waals surface area contributed by atoms with E-state index in [-0.39, 0.29) is 5.91 Å². The molecule has 0 saturated heterocycles. The van der Waals surface area contributed by atoms with E-state index in [0.717, 1.165) is 11.3 Å². The molecule has 1 aromatic carbocycles. The summed E-state index contributed by atoms with van der Waals surface area (Å²) < 4.78 is 16.7. The molecule has 2 heterocycles. The van der Waals surface area contributed by atoms with Crippen molar-refractivity contribution in [2.45, 2.75) is 13.8 Å². The van der Waals surface area contributed by atoms with Crippen molar-refractivity contribution in [3.63, 3.8) is 0 Å². The molecule has 2 aromatic heterocycles. The van der Waals surface area contributed by atoms with Gasteiger partial charge in [-0.2, -0.15) is 0 Å². The lowest BCUT2D eigenvalue weighted by molar-refractivity contribution is 0.102. The van der Waals surface area contributed by atoms with Crippen LogP contribution in [0.2, 0.25) is 0 Å². The fraction of sp³-hybridized carbons (Fsp3) is 0.222. The van der Waals surface area contributed by atoms with Crippen molar-refractivity contribution in [2.75, 3.05) is 19.5 Å². The predicted molar refractivity (Wildman–Crippen MR) is 104 cm³/mol. The van der Waals surface area contributed by atoms with Gasteiger partial charge in [0, 0.05) is 10.9 Å². The number of carbonyl (C=O) groups excluding carboxylic acids is 1. The molecular formula is C18H17BrN2O4S. The summed E-state index contributed by atoms with van der Waals surface area (Å²) in [6.45, 7) is 3.55. The number of anilines is 1. The first-order valence-corrected chi connectivity index (χ1v) is 9.36. The number of amides is 1. The van der Waals surface area contributed by atoms with Gasteiger partial charge in [-0.1, -0.05) is 0 Å². The molecule has 0 spiro atoms. The highest BCUT2D eigenvalue weighted by atomic mass is 79.9. The summed E-state index contributed by atoms with van der Waals surface area (Å²) in [4.78, 5) is 17.0. The van der Waals surface area contributed by atoms with Crippen LogP contribution in [0.1, 0.15) is 21.9 Å². The van der Waals surface area contributed by atoms with Gasteiger partial charge >= 0.3 is 0 Å². The largest absolute Gasteiger partial charge is 0.493 e. The number of carbonyl (C=O) groups is 1. The summed E-state index contributed by atoms with van der Waals surface area (Å²) in [6.07, 6.45) is 0. The summed E-state index contributed by atoms with van der Waals surface area (Å²) >= 11 is 4.74. The molecule has 26 heavy (non-hydrogen) atoms. The maximum Gasteiger partial charge on any atom is 0.262 e. The average molecular weight is 437 g/mol. The van der Waals surface area contributed by atoms with Crippen molar-refractivity contribution in [2.24, 2.45) is 0 Å². The van der Waals surface area contributed by atoms with Crippen LogP contribution in [0.3, 0.4) is 0 Å². The second-order valence-electron chi connectivity index (χ2n) is 5.47. The van der Waals surface area contributed by atoms with Crippen LogP contribution >= 0.6 is 27.3 Å². The molecule has 136 valence electrons. The van der Waals surface area contributed by atoms with Gasteiger partial charge in [0.2, 0.25) is 0 Å². The average Bonchev–Trinajstić information content (AvgIpc) is 3.18. The maximum absolute atomic E-state index is 12.5. The maximum atomic E-state index is 12.5. The fourth-order valence-electron chi connectivity index (χ4n) is 2.53. The molecule has 0 aliphatic rings. The zero-order valence-corrected chi connectivity index (χ0v) is 17.1. The Bertz CT molecular complexity index is 964. The van der Waals surface area contributed by atoms with Crippen LogP contribution < -0.4 is 14.8 Å². The second-order valence-corrected chi connectivity index (χ2v) is 7.12. The summed E-state index contributed by atoms with van der Waals surface area (Å²) in [5.41, 5.74) is 2.09. The highest BCUT2D eigenvalue weighted by Crippen LogP contribution is 2.34. The molecule has 0 aliphatic heterocycles. The summed E-state index contributed by atoms with van der Waals surface area (Å²) in [7, 11) is 3.17. The van der Waals surface area contributed by atoms with E-state index in [2.05, 4.69) is 26.2 Å². The quantitative estimate of drug-likeness (QED) is 0.605. The van der Waals surface area contributed by atoms with Crippen LogP contribution in [0.5, 0.6) is 11.5 Å². The number of thiazole rings is 1. The molecule has 0 radical (unpaired) electrons. The lowest BCUT2D eigenvalue weighted by atomic mass is 10.1. The smallest absolute Gasteiger partial charge is 0.262 e. The Morgan fingerprint density at radius 2 is 1.92 bits per heavy atom. The molecule has 6 nitrogen and oxygen atoms in total. The van der Waals surface area contributed by atoms with Gasteiger partial charge in [0.05, 0.1) is 29.9 Å². The molecule has 3 rings (SSSR count). The van der Waals surface area contributed by atoms with E-state index in [1.807, 2.05) is 23.6 Å². The van der Waals surface area contributed by atoms with Gasteiger partial charge in [-0.25, -0.2) is 4.98 Å². The van der Waals surface area contributed by atoms with Crippen molar-refractivity contribution < 1.29 is 18.7 Å². The van der Waals surface area contributed by atoms with Gasteiger partial charge < -0.3 is 13.9 Å². The highest BCUT2D eigenvalue weighted by molar-refractivity contribution is 9.10. The first-order chi connectivity index (χ1) is 12.4. The zero-order valence-electron chi connectivity index (χ0n) is 14.7. The van der Waals surface area contributed by atoms with Gasteiger partial charge in [-0.3, -0.25) is 10.1 Å². The number of furan rings is 1. The standard InChI is InChI=1S/C18H17BrN2O4S/c1-9-15(16(19)10(2)25-9)17(22)21-18-20-12(8-26-18)11-5-6-13(23-3)14(7-11)24-4/h5-8H,1-4H3,(H,20,21,22). The molecule has 0 fully saturated rings. The van der Waals surface area contributed by atoms with Crippen LogP contribution in [-0.2, 0) is 0 Å². The molecule has 8 heteroatoms. The number of aromatic nitrogens is 1. The first kappa shape index (κ1) is 18.5. The number of hydrogen-bond acceptors (Lipinski definition) is 6. The van der Waals surface area contributed by atoms with Crippen molar-refractivity contribution >= 4 is 38.3 Å². The molecule has 0 aliphatic carbocycles. The number of rotatable bonds is 5. The molecule has 0 unspecified atom stereocenters. The monoisotopic (exact) mass is 436 g/mol. The molecule has 1 N–H and O–H groups in total. The molecule has 3 aromatic rings. The Labute approximate surface area is 163 Å². The Morgan fingerprint density at radius 1 is 1.19 bits per heavy atom. The first-order valence-electron chi connectivity index (χ1n) is 7.69. The van der Waals surface area contributed by atoms with Crippen LogP contribution in [0.4, 0.5) is 5.13 Å². The van der Waals surface area contributed by atoms with Gasteiger partial charge in [-0.15, -0.1) is 11.3 Å². The highest BCUT2D eigenvalue weighted by Gasteiger charge is 2.21. The number of nitrogens with one attached hydrogen (secondary N) is 1. The van der Waals surface area contributed by atoms with E-state index in [1.165, 1.54) is 11.3 Å². The minimum absolute atomic E-state index is 0.264. The molecule has 0 bridgehead atoms. The predicted octanol–water partition coefficient (Wildman–Crippen LogP) is 5.05. The van der Waals surface area contributed by atoms with Crippen LogP contribution in [-0.4, -0.2) is 25.1 Å². The van der Waals surface area contributed by atoms with Crippen molar-refractivity contribution in [1.29, 1.82) is 0 Å². The molecular weight excluding hydrogens is 420 g/mol. The topological polar surface area (TPSA) is 73.6 Å². The van der Waals surface area contributed by atoms with Crippen molar-refractivity contribution in [3.8, 4) is 22.8 Å². The normalized spacial score (nSPS) is 10.7. The number of ether oxygens (including phenoxy) is 2. The van der Waals surface area contributed by atoms with E-state index >= 15 is 0 Å². The third-order valence-corrected chi connectivity index (χ3v) is 5.53. The third-order valence-electron chi connectivity index (χ3n) is 3.82. The summed E-state index contributed by atoms with van der Waals surface area (Å²) in [6, 6.07) is 5.56. The van der Waals surface area contributed by atoms with E-state index in [0.29, 0.717) is 38.2 Å². The lowest BCUT2D eigenvalue weighted by Gasteiger charge is -2.08. The second kappa shape index (κ2) is 7.51.